The maximum Gasteiger partial charge on any atom is 0.126 e. The van der Waals surface area contributed by atoms with E-state index in [1.54, 1.807) is 20.1 Å². The van der Waals surface area contributed by atoms with Gasteiger partial charge < -0.3 is 10.1 Å². The highest BCUT2D eigenvalue weighted by atomic mass is 19.1. The van der Waals surface area contributed by atoms with E-state index >= 15 is 0 Å². The van der Waals surface area contributed by atoms with Gasteiger partial charge in [-0.1, -0.05) is 24.3 Å². The van der Waals surface area contributed by atoms with Gasteiger partial charge >= 0.3 is 0 Å². The molecule has 2 rings (SSSR count). The summed E-state index contributed by atoms with van der Waals surface area (Å²) < 4.78 is 18.3. The lowest BCUT2D eigenvalue weighted by Crippen LogP contribution is -2.12. The van der Waals surface area contributed by atoms with Crippen LogP contribution in [0.5, 0.6) is 5.75 Å². The molecule has 2 aromatic carbocycles. The summed E-state index contributed by atoms with van der Waals surface area (Å²) in [6.07, 6.45) is 0. The fourth-order valence-electron chi connectivity index (χ4n) is 1.95. The molecule has 2 aromatic rings. The molecule has 0 heterocycles. The molecule has 3 heteroatoms. The molecule has 0 aromatic heterocycles. The third-order valence-electron chi connectivity index (χ3n) is 3.01. The van der Waals surface area contributed by atoms with Crippen molar-refractivity contribution in [2.45, 2.75) is 20.0 Å². The van der Waals surface area contributed by atoms with Gasteiger partial charge in [-0.2, -0.15) is 0 Å². The van der Waals surface area contributed by atoms with Crippen LogP contribution < -0.4 is 10.1 Å². The van der Waals surface area contributed by atoms with Crippen LogP contribution in [-0.2, 0) is 13.1 Å². The monoisotopic (exact) mass is 259 g/mol. The lowest BCUT2D eigenvalue weighted by Gasteiger charge is -2.07. The van der Waals surface area contributed by atoms with Crippen LogP contribution in [0.2, 0.25) is 0 Å². The average molecular weight is 259 g/mol. The minimum Gasteiger partial charge on any atom is -0.497 e. The van der Waals surface area contributed by atoms with Crippen LogP contribution in [0.1, 0.15) is 16.7 Å². The number of methoxy groups -OCH3 is 1. The minimum absolute atomic E-state index is 0.156. The van der Waals surface area contributed by atoms with E-state index < -0.39 is 0 Å². The van der Waals surface area contributed by atoms with Crippen molar-refractivity contribution >= 4 is 0 Å². The summed E-state index contributed by atoms with van der Waals surface area (Å²) in [7, 11) is 1.66. The Morgan fingerprint density at radius 2 is 1.79 bits per heavy atom. The van der Waals surface area contributed by atoms with Crippen molar-refractivity contribution in [1.29, 1.82) is 0 Å². The topological polar surface area (TPSA) is 21.3 Å². The second-order valence-corrected chi connectivity index (χ2v) is 4.54. The van der Waals surface area contributed by atoms with Crippen molar-refractivity contribution in [2.75, 3.05) is 7.11 Å². The van der Waals surface area contributed by atoms with Crippen molar-refractivity contribution in [3.8, 4) is 5.75 Å². The maximum absolute atomic E-state index is 13.1. The predicted molar refractivity (Wildman–Crippen MR) is 74.7 cm³/mol. The van der Waals surface area contributed by atoms with Crippen molar-refractivity contribution in [3.05, 3.63) is 65.0 Å². The van der Waals surface area contributed by atoms with E-state index in [4.69, 9.17) is 4.74 Å². The molecule has 100 valence electrons. The van der Waals surface area contributed by atoms with Gasteiger partial charge in [0.05, 0.1) is 7.11 Å². The number of ether oxygens (including phenoxy) is 1. The van der Waals surface area contributed by atoms with Crippen LogP contribution in [-0.4, -0.2) is 7.11 Å². The minimum atomic E-state index is -0.156. The first-order chi connectivity index (χ1) is 9.19. The molecule has 0 aliphatic rings. The Kier molecular flexibility index (Phi) is 4.53. The van der Waals surface area contributed by atoms with Gasteiger partial charge in [0.2, 0.25) is 0 Å². The van der Waals surface area contributed by atoms with E-state index in [2.05, 4.69) is 5.32 Å². The van der Waals surface area contributed by atoms with E-state index in [0.717, 1.165) is 30.0 Å². The first-order valence-electron chi connectivity index (χ1n) is 6.27. The number of nitrogens with one attached hydrogen (secondary N) is 1. The number of hydrogen-bond acceptors (Lipinski definition) is 2. The van der Waals surface area contributed by atoms with E-state index in [0.29, 0.717) is 5.56 Å². The molecular formula is C16H18FNO. The van der Waals surface area contributed by atoms with Crippen molar-refractivity contribution < 1.29 is 9.13 Å². The smallest absolute Gasteiger partial charge is 0.126 e. The second kappa shape index (κ2) is 6.34. The molecule has 0 saturated carbocycles. The first-order valence-corrected chi connectivity index (χ1v) is 6.27. The van der Waals surface area contributed by atoms with E-state index in [9.17, 15) is 4.39 Å². The third kappa shape index (κ3) is 3.80. The first kappa shape index (κ1) is 13.6. The summed E-state index contributed by atoms with van der Waals surface area (Å²) in [6, 6.07) is 13.1. The Hall–Kier alpha value is -1.87. The summed E-state index contributed by atoms with van der Waals surface area (Å²) in [5.41, 5.74) is 2.93. The largest absolute Gasteiger partial charge is 0.497 e. The molecule has 0 aliphatic heterocycles. The average Bonchev–Trinajstić information content (AvgIpc) is 2.43. The quantitative estimate of drug-likeness (QED) is 0.888. The van der Waals surface area contributed by atoms with Gasteiger partial charge in [-0.05, 0) is 41.8 Å². The fourth-order valence-corrected chi connectivity index (χ4v) is 1.95. The van der Waals surface area contributed by atoms with Crippen molar-refractivity contribution in [1.82, 2.24) is 5.32 Å². The molecule has 0 unspecified atom stereocenters. The Morgan fingerprint density at radius 1 is 1.05 bits per heavy atom. The van der Waals surface area contributed by atoms with Gasteiger partial charge in [0.1, 0.15) is 11.6 Å². The van der Waals surface area contributed by atoms with Crippen LogP contribution in [0.15, 0.2) is 42.5 Å². The van der Waals surface area contributed by atoms with Crippen LogP contribution in [0.3, 0.4) is 0 Å². The van der Waals surface area contributed by atoms with Gasteiger partial charge in [0.15, 0.2) is 0 Å². The normalized spacial score (nSPS) is 10.5. The number of hydrogen-bond donors (Lipinski definition) is 1. The van der Waals surface area contributed by atoms with Gasteiger partial charge in [-0.25, -0.2) is 4.39 Å². The predicted octanol–water partition coefficient (Wildman–Crippen LogP) is 3.43. The SMILES string of the molecule is COc1cccc(CNCc2ccc(F)c(C)c2)c1. The van der Waals surface area contributed by atoms with Crippen LogP contribution in [0, 0.1) is 12.7 Å². The summed E-state index contributed by atoms with van der Waals surface area (Å²) in [5, 5.41) is 3.34. The Balaban J connectivity index is 1.90. The van der Waals surface area contributed by atoms with Crippen LogP contribution in [0.4, 0.5) is 4.39 Å². The molecule has 0 bridgehead atoms. The Morgan fingerprint density at radius 3 is 2.47 bits per heavy atom. The van der Waals surface area contributed by atoms with Crippen LogP contribution in [0.25, 0.3) is 0 Å². The molecule has 19 heavy (non-hydrogen) atoms. The third-order valence-corrected chi connectivity index (χ3v) is 3.01. The molecule has 0 aliphatic carbocycles. The highest BCUT2D eigenvalue weighted by Gasteiger charge is 2.00. The number of halogens is 1. The number of benzene rings is 2. The number of aryl methyl sites for hydroxylation is 1. The van der Waals surface area contributed by atoms with Gasteiger partial charge in [-0.15, -0.1) is 0 Å². The summed E-state index contributed by atoms with van der Waals surface area (Å²) in [5.74, 6) is 0.702. The summed E-state index contributed by atoms with van der Waals surface area (Å²) >= 11 is 0. The molecule has 2 nitrogen and oxygen atoms in total. The molecule has 0 saturated heterocycles. The Labute approximate surface area is 113 Å². The van der Waals surface area contributed by atoms with E-state index in [1.165, 1.54) is 6.07 Å². The zero-order chi connectivity index (χ0) is 13.7. The lowest BCUT2D eigenvalue weighted by atomic mass is 10.1. The number of rotatable bonds is 5. The van der Waals surface area contributed by atoms with Gasteiger partial charge in [-0.3, -0.25) is 0 Å². The second-order valence-electron chi connectivity index (χ2n) is 4.54. The zero-order valence-corrected chi connectivity index (χ0v) is 11.2. The highest BCUT2D eigenvalue weighted by molar-refractivity contribution is 5.28. The van der Waals surface area contributed by atoms with Crippen molar-refractivity contribution in [2.24, 2.45) is 0 Å². The summed E-state index contributed by atoms with van der Waals surface area (Å²) in [6.45, 7) is 3.26. The zero-order valence-electron chi connectivity index (χ0n) is 11.2. The van der Waals surface area contributed by atoms with E-state index in [1.807, 2.05) is 30.3 Å². The molecule has 0 spiro atoms. The maximum atomic E-state index is 13.1. The molecule has 1 N–H and O–H groups in total. The molecule has 0 fully saturated rings. The summed E-state index contributed by atoms with van der Waals surface area (Å²) in [4.78, 5) is 0. The highest BCUT2D eigenvalue weighted by Crippen LogP contribution is 2.13. The van der Waals surface area contributed by atoms with Gasteiger partial charge in [0.25, 0.3) is 0 Å². The molecule has 0 atom stereocenters. The van der Waals surface area contributed by atoms with Gasteiger partial charge in [0, 0.05) is 13.1 Å². The Bertz CT molecular complexity index is 554. The molecule has 0 radical (unpaired) electrons. The standard InChI is InChI=1S/C16H18FNO/c1-12-8-14(6-7-16(12)17)11-18-10-13-4-3-5-15(9-13)19-2/h3-9,18H,10-11H2,1-2H3. The van der Waals surface area contributed by atoms with Crippen molar-refractivity contribution in [3.63, 3.8) is 0 Å². The van der Waals surface area contributed by atoms with Crippen LogP contribution >= 0.6 is 0 Å². The molecular weight excluding hydrogens is 241 g/mol. The molecule has 0 amide bonds. The fraction of sp³-hybridized carbons (Fsp3) is 0.250. The van der Waals surface area contributed by atoms with E-state index in [-0.39, 0.29) is 5.82 Å². The lowest BCUT2D eigenvalue weighted by molar-refractivity contribution is 0.414.